The van der Waals surface area contributed by atoms with Crippen molar-refractivity contribution in [3.63, 3.8) is 0 Å². The second-order valence-corrected chi connectivity index (χ2v) is 9.03. The molecular formula is C19H29NO4S. The summed E-state index contributed by atoms with van der Waals surface area (Å²) in [6.45, 7) is 5.46. The van der Waals surface area contributed by atoms with E-state index in [0.717, 1.165) is 36.3 Å². The molecule has 25 heavy (non-hydrogen) atoms. The first-order valence-electron chi connectivity index (χ1n) is 9.40. The third-order valence-corrected chi connectivity index (χ3v) is 7.38. The molecule has 0 radical (unpaired) electrons. The Bertz CT molecular complexity index is 689. The van der Waals surface area contributed by atoms with Crippen molar-refractivity contribution in [3.05, 3.63) is 23.8 Å². The van der Waals surface area contributed by atoms with Crippen LogP contribution in [0.3, 0.4) is 0 Å². The fourth-order valence-corrected chi connectivity index (χ4v) is 6.14. The zero-order valence-corrected chi connectivity index (χ0v) is 16.0. The second kappa shape index (κ2) is 7.96. The van der Waals surface area contributed by atoms with E-state index in [1.54, 1.807) is 0 Å². The lowest BCUT2D eigenvalue weighted by molar-refractivity contribution is 0.287. The molecule has 0 spiro atoms. The highest BCUT2D eigenvalue weighted by molar-refractivity contribution is 7.90. The number of ether oxygens (including phenoxy) is 2. The fraction of sp³-hybridized carbons (Fsp3) is 0.684. The normalized spacial score (nSPS) is 25.3. The lowest BCUT2D eigenvalue weighted by Crippen LogP contribution is -2.38. The van der Waals surface area contributed by atoms with Crippen LogP contribution in [0.15, 0.2) is 18.2 Å². The Labute approximate surface area is 151 Å². The highest BCUT2D eigenvalue weighted by Gasteiger charge is 2.45. The molecule has 3 atom stereocenters. The Kier molecular flexibility index (Phi) is 5.89. The van der Waals surface area contributed by atoms with Crippen molar-refractivity contribution in [1.82, 2.24) is 4.72 Å². The first-order valence-corrected chi connectivity index (χ1v) is 10.9. The molecule has 0 unspecified atom stereocenters. The summed E-state index contributed by atoms with van der Waals surface area (Å²) in [7, 11) is -3.20. The van der Waals surface area contributed by atoms with Crippen molar-refractivity contribution in [3.8, 4) is 11.5 Å². The molecule has 0 aromatic heterocycles. The number of benzene rings is 1. The smallest absolute Gasteiger partial charge is 0.214 e. The van der Waals surface area contributed by atoms with Gasteiger partial charge in [-0.25, -0.2) is 13.1 Å². The van der Waals surface area contributed by atoms with Crippen LogP contribution in [0.2, 0.25) is 0 Å². The molecule has 140 valence electrons. The lowest BCUT2D eigenvalue weighted by atomic mass is 10.0. The molecule has 1 aromatic carbocycles. The fourth-order valence-electron chi connectivity index (χ4n) is 4.26. The maximum atomic E-state index is 12.6. The largest absolute Gasteiger partial charge is 0.490 e. The van der Waals surface area contributed by atoms with E-state index in [1.165, 1.54) is 6.42 Å². The molecule has 1 aromatic rings. The van der Waals surface area contributed by atoms with E-state index >= 15 is 0 Å². The predicted octanol–water partition coefficient (Wildman–Crippen LogP) is 3.13. The predicted molar refractivity (Wildman–Crippen MR) is 98.6 cm³/mol. The molecule has 2 saturated carbocycles. The molecular weight excluding hydrogens is 338 g/mol. The van der Waals surface area contributed by atoms with E-state index in [1.807, 2.05) is 32.0 Å². The van der Waals surface area contributed by atoms with Gasteiger partial charge in [0.2, 0.25) is 10.0 Å². The Hall–Kier alpha value is -1.27. The number of nitrogens with one attached hydrogen (secondary N) is 1. The van der Waals surface area contributed by atoms with Crippen molar-refractivity contribution in [1.29, 1.82) is 0 Å². The molecule has 2 bridgehead atoms. The van der Waals surface area contributed by atoms with Gasteiger partial charge in [-0.15, -0.1) is 0 Å². The van der Waals surface area contributed by atoms with Gasteiger partial charge in [-0.3, -0.25) is 0 Å². The van der Waals surface area contributed by atoms with Gasteiger partial charge in [0.05, 0.1) is 18.5 Å². The van der Waals surface area contributed by atoms with E-state index in [2.05, 4.69) is 4.72 Å². The number of rotatable bonds is 9. The summed E-state index contributed by atoms with van der Waals surface area (Å²) in [5.41, 5.74) is 1.04. The van der Waals surface area contributed by atoms with Gasteiger partial charge in [0.15, 0.2) is 11.5 Å². The number of hydrogen-bond acceptors (Lipinski definition) is 4. The minimum Gasteiger partial charge on any atom is -0.490 e. The van der Waals surface area contributed by atoms with Crippen LogP contribution >= 0.6 is 0 Å². The van der Waals surface area contributed by atoms with Gasteiger partial charge in [0, 0.05) is 6.54 Å². The van der Waals surface area contributed by atoms with E-state index in [0.29, 0.717) is 38.0 Å². The minimum absolute atomic E-state index is 0.175. The molecule has 1 N–H and O–H groups in total. The van der Waals surface area contributed by atoms with Crippen LogP contribution in [-0.4, -0.2) is 33.4 Å². The van der Waals surface area contributed by atoms with Crippen LogP contribution in [0.4, 0.5) is 0 Å². The highest BCUT2D eigenvalue weighted by Crippen LogP contribution is 2.47. The molecule has 2 aliphatic carbocycles. The minimum atomic E-state index is -3.20. The SMILES string of the molecule is CCOc1ccc(CCNS(=O)(=O)[C@@H]2C[C@H]3CC[C@H]2C3)cc1OCC. The lowest BCUT2D eigenvalue weighted by Gasteiger charge is -2.22. The molecule has 0 aliphatic heterocycles. The van der Waals surface area contributed by atoms with E-state index in [-0.39, 0.29) is 5.25 Å². The number of fused-ring (bicyclic) bond motifs is 2. The van der Waals surface area contributed by atoms with E-state index in [9.17, 15) is 8.42 Å². The molecule has 0 heterocycles. The summed E-state index contributed by atoms with van der Waals surface area (Å²) >= 11 is 0. The van der Waals surface area contributed by atoms with Gasteiger partial charge in [-0.1, -0.05) is 12.5 Å². The summed E-state index contributed by atoms with van der Waals surface area (Å²) in [4.78, 5) is 0. The Morgan fingerprint density at radius 1 is 1.08 bits per heavy atom. The molecule has 2 fully saturated rings. The number of hydrogen-bond donors (Lipinski definition) is 1. The first-order chi connectivity index (χ1) is 12.0. The quantitative estimate of drug-likeness (QED) is 0.728. The average molecular weight is 368 g/mol. The first kappa shape index (κ1) is 18.5. The van der Waals surface area contributed by atoms with Crippen molar-refractivity contribution < 1.29 is 17.9 Å². The zero-order chi connectivity index (χ0) is 17.9. The van der Waals surface area contributed by atoms with E-state index < -0.39 is 10.0 Å². The van der Waals surface area contributed by atoms with Crippen molar-refractivity contribution >= 4 is 10.0 Å². The molecule has 0 saturated heterocycles. The van der Waals surface area contributed by atoms with Gasteiger partial charge in [0.25, 0.3) is 0 Å². The average Bonchev–Trinajstić information content (AvgIpc) is 3.21. The van der Waals surface area contributed by atoms with Gasteiger partial charge < -0.3 is 9.47 Å². The van der Waals surface area contributed by atoms with Crippen molar-refractivity contribution in [2.45, 2.75) is 51.2 Å². The molecule has 3 rings (SSSR count). The van der Waals surface area contributed by atoms with E-state index in [4.69, 9.17) is 9.47 Å². The monoisotopic (exact) mass is 367 g/mol. The number of sulfonamides is 1. The third kappa shape index (κ3) is 4.29. The Morgan fingerprint density at radius 2 is 1.84 bits per heavy atom. The van der Waals surface area contributed by atoms with Gasteiger partial charge >= 0.3 is 0 Å². The van der Waals surface area contributed by atoms with Crippen molar-refractivity contribution in [2.75, 3.05) is 19.8 Å². The molecule has 0 amide bonds. The van der Waals surface area contributed by atoms with Gasteiger partial charge in [-0.05, 0) is 69.1 Å². The van der Waals surface area contributed by atoms with Gasteiger partial charge in [0.1, 0.15) is 0 Å². The highest BCUT2D eigenvalue weighted by atomic mass is 32.2. The maximum Gasteiger partial charge on any atom is 0.214 e. The maximum absolute atomic E-state index is 12.6. The van der Waals surface area contributed by atoms with Crippen LogP contribution in [0.5, 0.6) is 11.5 Å². The van der Waals surface area contributed by atoms with Crippen molar-refractivity contribution in [2.24, 2.45) is 11.8 Å². The van der Waals surface area contributed by atoms with Crippen LogP contribution in [0.1, 0.15) is 45.1 Å². The summed E-state index contributed by atoms with van der Waals surface area (Å²) in [6, 6.07) is 5.81. The summed E-state index contributed by atoms with van der Waals surface area (Å²) < 4.78 is 39.1. The Balaban J connectivity index is 1.57. The van der Waals surface area contributed by atoms with Crippen LogP contribution in [0, 0.1) is 11.8 Å². The van der Waals surface area contributed by atoms with Crippen LogP contribution in [-0.2, 0) is 16.4 Å². The summed E-state index contributed by atoms with van der Waals surface area (Å²) in [5.74, 6) is 2.46. The summed E-state index contributed by atoms with van der Waals surface area (Å²) in [6.07, 6.45) is 4.88. The van der Waals surface area contributed by atoms with Crippen LogP contribution in [0.25, 0.3) is 0 Å². The topological polar surface area (TPSA) is 64.6 Å². The van der Waals surface area contributed by atoms with Crippen LogP contribution < -0.4 is 14.2 Å². The molecule has 5 nitrogen and oxygen atoms in total. The third-order valence-electron chi connectivity index (χ3n) is 5.40. The molecule has 6 heteroatoms. The zero-order valence-electron chi connectivity index (χ0n) is 15.2. The summed E-state index contributed by atoms with van der Waals surface area (Å²) in [5, 5.41) is -0.175. The Morgan fingerprint density at radius 3 is 2.48 bits per heavy atom. The standard InChI is InChI=1S/C19H29NO4S/c1-3-23-17-8-6-14(12-18(17)24-4-2)9-10-20-25(21,22)19-13-15-5-7-16(19)11-15/h6,8,12,15-16,19-20H,3-5,7,9-11,13H2,1-2H3/t15-,16-,19+/m0/s1. The molecule has 2 aliphatic rings. The van der Waals surface area contributed by atoms with Gasteiger partial charge in [-0.2, -0.15) is 0 Å². The second-order valence-electron chi connectivity index (χ2n) is 7.05.